The molecule has 0 fully saturated rings. The van der Waals surface area contributed by atoms with E-state index in [2.05, 4.69) is 5.43 Å². The van der Waals surface area contributed by atoms with Gasteiger partial charge in [-0.05, 0) is 6.07 Å². The van der Waals surface area contributed by atoms with Crippen LogP contribution in [-0.4, -0.2) is 40.4 Å². The molecule has 0 aromatic heterocycles. The molecule has 0 atom stereocenters. The zero-order chi connectivity index (χ0) is 12.8. The molecule has 0 saturated carbocycles. The largest absolute Gasteiger partial charge is 0.493 e. The monoisotopic (exact) mass is 240 g/mol. The maximum Gasteiger partial charge on any atom is 0.203 e. The first kappa shape index (κ1) is 13.6. The van der Waals surface area contributed by atoms with E-state index in [4.69, 9.17) is 14.2 Å². The van der Waals surface area contributed by atoms with Crippen molar-refractivity contribution >= 4 is 0 Å². The Morgan fingerprint density at radius 2 is 1.65 bits per heavy atom. The molecule has 0 amide bonds. The zero-order valence-corrected chi connectivity index (χ0v) is 11.0. The number of ether oxygens (including phenoxy) is 3. The highest BCUT2D eigenvalue weighted by Crippen LogP contribution is 2.39. The van der Waals surface area contributed by atoms with Crippen molar-refractivity contribution in [3.8, 4) is 17.2 Å². The summed E-state index contributed by atoms with van der Waals surface area (Å²) in [4.78, 5) is 0. The third-order valence-electron chi connectivity index (χ3n) is 2.37. The van der Waals surface area contributed by atoms with Crippen molar-refractivity contribution in [3.05, 3.63) is 17.7 Å². The predicted molar refractivity (Wildman–Crippen MR) is 66.6 cm³/mol. The fourth-order valence-corrected chi connectivity index (χ4v) is 1.55. The summed E-state index contributed by atoms with van der Waals surface area (Å²) in [7, 11) is 8.70. The first-order valence-electron chi connectivity index (χ1n) is 5.32. The van der Waals surface area contributed by atoms with Crippen LogP contribution in [0, 0.1) is 0 Å². The van der Waals surface area contributed by atoms with Gasteiger partial charge in [0.15, 0.2) is 11.5 Å². The topological polar surface area (TPSA) is 43.0 Å². The maximum absolute atomic E-state index is 5.38. The second-order valence-electron chi connectivity index (χ2n) is 3.72. The second-order valence-corrected chi connectivity index (χ2v) is 3.72. The van der Waals surface area contributed by atoms with Crippen LogP contribution in [0.15, 0.2) is 12.1 Å². The molecule has 0 heterocycles. The summed E-state index contributed by atoms with van der Waals surface area (Å²) < 4.78 is 15.9. The summed E-state index contributed by atoms with van der Waals surface area (Å²) in [6.45, 7) is 0.663. The van der Waals surface area contributed by atoms with Crippen LogP contribution in [-0.2, 0) is 6.54 Å². The standard InChI is InChI=1S/C12H20N2O3/c1-14(2)13-8-9-6-7-10(15-3)12(17-5)11(9)16-4/h6-7,13H,8H2,1-5H3. The molecular formula is C12H20N2O3. The quantitative estimate of drug-likeness (QED) is 0.759. The lowest BCUT2D eigenvalue weighted by atomic mass is 10.1. The summed E-state index contributed by atoms with van der Waals surface area (Å²) in [5, 5.41) is 1.89. The van der Waals surface area contributed by atoms with Gasteiger partial charge in [-0.1, -0.05) is 6.07 Å². The van der Waals surface area contributed by atoms with Gasteiger partial charge in [-0.25, -0.2) is 0 Å². The molecule has 17 heavy (non-hydrogen) atoms. The molecule has 0 unspecified atom stereocenters. The van der Waals surface area contributed by atoms with E-state index in [-0.39, 0.29) is 0 Å². The van der Waals surface area contributed by atoms with Gasteiger partial charge in [-0.2, -0.15) is 0 Å². The van der Waals surface area contributed by atoms with E-state index in [1.165, 1.54) is 0 Å². The molecule has 0 aliphatic rings. The van der Waals surface area contributed by atoms with Crippen LogP contribution in [0.5, 0.6) is 17.2 Å². The summed E-state index contributed by atoms with van der Waals surface area (Å²) in [5.74, 6) is 1.98. The Morgan fingerprint density at radius 3 is 2.12 bits per heavy atom. The van der Waals surface area contributed by atoms with Gasteiger partial charge in [0.25, 0.3) is 0 Å². The van der Waals surface area contributed by atoms with Gasteiger partial charge in [0.2, 0.25) is 5.75 Å². The van der Waals surface area contributed by atoms with Crippen LogP contribution < -0.4 is 19.6 Å². The van der Waals surface area contributed by atoms with E-state index in [1.807, 2.05) is 31.2 Å². The first-order valence-corrected chi connectivity index (χ1v) is 5.32. The summed E-state index contributed by atoms with van der Waals surface area (Å²) in [5.41, 5.74) is 4.20. The van der Waals surface area contributed by atoms with Crippen molar-refractivity contribution in [1.29, 1.82) is 0 Å². The Morgan fingerprint density at radius 1 is 1.00 bits per heavy atom. The van der Waals surface area contributed by atoms with E-state index in [0.717, 1.165) is 5.56 Å². The minimum atomic E-state index is 0.619. The Bertz CT molecular complexity index is 367. The third kappa shape index (κ3) is 3.25. The number of hydrogen-bond acceptors (Lipinski definition) is 5. The number of methoxy groups -OCH3 is 3. The molecule has 5 nitrogen and oxygen atoms in total. The van der Waals surface area contributed by atoms with Crippen molar-refractivity contribution in [2.75, 3.05) is 35.4 Å². The van der Waals surface area contributed by atoms with Crippen LogP contribution in [0.1, 0.15) is 5.56 Å². The maximum atomic E-state index is 5.38. The number of nitrogens with one attached hydrogen (secondary N) is 1. The molecule has 5 heteroatoms. The number of hydrazine groups is 1. The molecular weight excluding hydrogens is 220 g/mol. The van der Waals surface area contributed by atoms with E-state index in [1.54, 1.807) is 21.3 Å². The molecule has 0 bridgehead atoms. The molecule has 0 radical (unpaired) electrons. The second kappa shape index (κ2) is 6.32. The van der Waals surface area contributed by atoms with E-state index in [9.17, 15) is 0 Å². The molecule has 1 N–H and O–H groups in total. The Balaban J connectivity index is 3.05. The van der Waals surface area contributed by atoms with Gasteiger partial charge < -0.3 is 14.2 Å². The summed E-state index contributed by atoms with van der Waals surface area (Å²) in [6, 6.07) is 3.82. The summed E-state index contributed by atoms with van der Waals surface area (Å²) >= 11 is 0. The van der Waals surface area contributed by atoms with Crippen LogP contribution in [0.3, 0.4) is 0 Å². The lowest BCUT2D eigenvalue weighted by Crippen LogP contribution is -2.29. The lowest BCUT2D eigenvalue weighted by Gasteiger charge is -2.17. The number of rotatable bonds is 6. The van der Waals surface area contributed by atoms with Gasteiger partial charge >= 0.3 is 0 Å². The minimum Gasteiger partial charge on any atom is -0.493 e. The molecule has 1 aromatic rings. The van der Waals surface area contributed by atoms with E-state index >= 15 is 0 Å². The van der Waals surface area contributed by atoms with Gasteiger partial charge in [0, 0.05) is 26.2 Å². The highest BCUT2D eigenvalue weighted by Gasteiger charge is 2.15. The first-order chi connectivity index (χ1) is 8.13. The molecule has 1 aromatic carbocycles. The third-order valence-corrected chi connectivity index (χ3v) is 2.37. The fourth-order valence-electron chi connectivity index (χ4n) is 1.55. The number of benzene rings is 1. The molecule has 0 spiro atoms. The van der Waals surface area contributed by atoms with Crippen molar-refractivity contribution in [2.24, 2.45) is 0 Å². The Labute approximate surface area is 102 Å². The molecule has 0 aliphatic carbocycles. The van der Waals surface area contributed by atoms with E-state index in [0.29, 0.717) is 23.8 Å². The fraction of sp³-hybridized carbons (Fsp3) is 0.500. The number of nitrogens with zero attached hydrogens (tertiary/aromatic N) is 1. The molecule has 0 aliphatic heterocycles. The Kier molecular flexibility index (Phi) is 5.06. The smallest absolute Gasteiger partial charge is 0.203 e. The van der Waals surface area contributed by atoms with Gasteiger partial charge in [-0.3, -0.25) is 10.4 Å². The van der Waals surface area contributed by atoms with Gasteiger partial charge in [0.05, 0.1) is 21.3 Å². The molecule has 0 saturated heterocycles. The molecule has 96 valence electrons. The van der Waals surface area contributed by atoms with Crippen LogP contribution >= 0.6 is 0 Å². The Hall–Kier alpha value is -1.46. The minimum absolute atomic E-state index is 0.619. The molecule has 1 rings (SSSR count). The average molecular weight is 240 g/mol. The lowest BCUT2D eigenvalue weighted by molar-refractivity contribution is 0.279. The predicted octanol–water partition coefficient (Wildman–Crippen LogP) is 1.28. The van der Waals surface area contributed by atoms with Crippen LogP contribution in [0.4, 0.5) is 0 Å². The van der Waals surface area contributed by atoms with Gasteiger partial charge in [0.1, 0.15) is 0 Å². The van der Waals surface area contributed by atoms with Gasteiger partial charge in [-0.15, -0.1) is 0 Å². The average Bonchev–Trinajstić information content (AvgIpc) is 2.34. The summed E-state index contributed by atoms with van der Waals surface area (Å²) in [6.07, 6.45) is 0. The SMILES string of the molecule is COc1ccc(CNN(C)C)c(OC)c1OC. The van der Waals surface area contributed by atoms with Crippen molar-refractivity contribution in [3.63, 3.8) is 0 Å². The van der Waals surface area contributed by atoms with E-state index < -0.39 is 0 Å². The normalized spacial score (nSPS) is 10.5. The van der Waals surface area contributed by atoms with Crippen molar-refractivity contribution in [1.82, 2.24) is 10.4 Å². The highest BCUT2D eigenvalue weighted by atomic mass is 16.5. The zero-order valence-electron chi connectivity index (χ0n) is 11.0. The number of hydrogen-bond donors (Lipinski definition) is 1. The highest BCUT2D eigenvalue weighted by molar-refractivity contribution is 5.55. The van der Waals surface area contributed by atoms with Crippen molar-refractivity contribution in [2.45, 2.75) is 6.54 Å². The van der Waals surface area contributed by atoms with Crippen molar-refractivity contribution < 1.29 is 14.2 Å². The van der Waals surface area contributed by atoms with Crippen LogP contribution in [0.2, 0.25) is 0 Å². The van der Waals surface area contributed by atoms with Crippen LogP contribution in [0.25, 0.3) is 0 Å².